The number of carbonyl (C=O) groups is 2. The van der Waals surface area contributed by atoms with E-state index >= 15 is 0 Å². The average Bonchev–Trinajstić information content (AvgIpc) is 2.75. The Morgan fingerprint density at radius 1 is 1.38 bits per heavy atom. The van der Waals surface area contributed by atoms with Crippen molar-refractivity contribution in [1.82, 2.24) is 5.32 Å². The molecule has 0 saturated heterocycles. The highest BCUT2D eigenvalue weighted by molar-refractivity contribution is 6.16. The number of esters is 1. The Balaban J connectivity index is 2.50. The van der Waals surface area contributed by atoms with Crippen LogP contribution in [0.4, 0.5) is 0 Å². The van der Waals surface area contributed by atoms with Crippen LogP contribution >= 0.6 is 0 Å². The minimum atomic E-state index is -0.775. The summed E-state index contributed by atoms with van der Waals surface area (Å²) in [4.78, 5) is 28.5. The molecule has 0 radical (unpaired) electrons. The summed E-state index contributed by atoms with van der Waals surface area (Å²) >= 11 is 0. The molecule has 0 saturated carbocycles. The first-order valence-corrected chi connectivity index (χ1v) is 6.91. The molecule has 5 heteroatoms. The second kappa shape index (κ2) is 5.31. The zero-order valence-corrected chi connectivity index (χ0v) is 13.0. The van der Waals surface area contributed by atoms with Crippen LogP contribution in [0.15, 0.2) is 23.2 Å². The molecule has 21 heavy (non-hydrogen) atoms. The predicted molar refractivity (Wildman–Crippen MR) is 80.4 cm³/mol. The van der Waals surface area contributed by atoms with Crippen molar-refractivity contribution in [3.8, 4) is 0 Å². The van der Waals surface area contributed by atoms with Gasteiger partial charge in [0.05, 0.1) is 12.7 Å². The fourth-order valence-electron chi connectivity index (χ4n) is 2.29. The predicted octanol–water partition coefficient (Wildman–Crippen LogP) is 2.07. The highest BCUT2D eigenvalue weighted by Crippen LogP contribution is 2.28. The van der Waals surface area contributed by atoms with Crippen molar-refractivity contribution >= 4 is 17.7 Å². The number of amides is 1. The van der Waals surface area contributed by atoms with E-state index in [9.17, 15) is 9.59 Å². The third kappa shape index (κ3) is 2.44. The van der Waals surface area contributed by atoms with E-state index in [0.717, 1.165) is 11.1 Å². The van der Waals surface area contributed by atoms with Crippen LogP contribution in [0.3, 0.4) is 0 Å². The van der Waals surface area contributed by atoms with Crippen molar-refractivity contribution in [3.63, 3.8) is 0 Å². The Morgan fingerprint density at radius 2 is 2.05 bits per heavy atom. The molecule has 2 rings (SSSR count). The summed E-state index contributed by atoms with van der Waals surface area (Å²) in [6.07, 6.45) is 0. The van der Waals surface area contributed by atoms with Gasteiger partial charge in [-0.25, -0.2) is 4.79 Å². The number of hydrogen-bond donors (Lipinski definition) is 1. The summed E-state index contributed by atoms with van der Waals surface area (Å²) in [5.74, 6) is 0.0832. The lowest BCUT2D eigenvalue weighted by Crippen LogP contribution is -2.41. The van der Waals surface area contributed by atoms with Gasteiger partial charge < -0.3 is 10.1 Å². The molecule has 112 valence electrons. The smallest absolute Gasteiger partial charge is 0.338 e. The van der Waals surface area contributed by atoms with E-state index in [1.807, 2.05) is 33.8 Å². The van der Waals surface area contributed by atoms with Crippen molar-refractivity contribution < 1.29 is 14.3 Å². The zero-order chi connectivity index (χ0) is 15.8. The number of methoxy groups -OCH3 is 1. The summed E-state index contributed by atoms with van der Waals surface area (Å²) in [6, 6.07) is 5.30. The molecule has 1 atom stereocenters. The Bertz CT molecular complexity index is 634. The first kappa shape index (κ1) is 15.2. The first-order chi connectivity index (χ1) is 9.81. The van der Waals surface area contributed by atoms with Crippen LogP contribution in [0.1, 0.15) is 42.3 Å². The maximum Gasteiger partial charge on any atom is 0.338 e. The van der Waals surface area contributed by atoms with E-state index in [1.54, 1.807) is 12.1 Å². The van der Waals surface area contributed by atoms with Gasteiger partial charge in [-0.05, 0) is 31.4 Å². The summed E-state index contributed by atoms with van der Waals surface area (Å²) < 4.78 is 4.77. The second-order valence-corrected chi connectivity index (χ2v) is 5.69. The standard InChI is InChI=1S/C16H20N2O3/c1-9(2)16(4)15(20)17-13(18-16)11-7-6-8-12(10(11)3)14(19)21-5/h6-9H,1-5H3,(H,17,18,20). The van der Waals surface area contributed by atoms with Gasteiger partial charge >= 0.3 is 5.97 Å². The third-order valence-corrected chi connectivity index (χ3v) is 4.15. The molecule has 1 aliphatic heterocycles. The first-order valence-electron chi connectivity index (χ1n) is 6.91. The van der Waals surface area contributed by atoms with E-state index < -0.39 is 11.5 Å². The highest BCUT2D eigenvalue weighted by Gasteiger charge is 2.42. The van der Waals surface area contributed by atoms with Crippen LogP contribution < -0.4 is 5.32 Å². The highest BCUT2D eigenvalue weighted by atomic mass is 16.5. The van der Waals surface area contributed by atoms with Gasteiger partial charge in [-0.2, -0.15) is 0 Å². The largest absolute Gasteiger partial charge is 0.465 e. The Hall–Kier alpha value is -2.17. The molecule has 1 N–H and O–H groups in total. The van der Waals surface area contributed by atoms with Crippen LogP contribution in [0, 0.1) is 12.8 Å². The molecule has 1 heterocycles. The molecule has 1 aliphatic rings. The summed E-state index contributed by atoms with van der Waals surface area (Å²) in [5.41, 5.74) is 1.19. The van der Waals surface area contributed by atoms with Crippen LogP contribution in [0.5, 0.6) is 0 Å². The molecule has 5 nitrogen and oxygen atoms in total. The van der Waals surface area contributed by atoms with E-state index in [4.69, 9.17) is 4.74 Å². The number of ether oxygens (including phenoxy) is 1. The summed E-state index contributed by atoms with van der Waals surface area (Å²) in [7, 11) is 1.35. The van der Waals surface area contributed by atoms with Gasteiger partial charge in [0, 0.05) is 5.56 Å². The van der Waals surface area contributed by atoms with Crippen molar-refractivity contribution in [3.05, 3.63) is 34.9 Å². The lowest BCUT2D eigenvalue weighted by Gasteiger charge is -2.21. The number of hydrogen-bond acceptors (Lipinski definition) is 4. The number of amidine groups is 1. The molecule has 1 amide bonds. The second-order valence-electron chi connectivity index (χ2n) is 5.69. The van der Waals surface area contributed by atoms with Crippen LogP contribution in [-0.4, -0.2) is 30.4 Å². The monoisotopic (exact) mass is 288 g/mol. The molecule has 1 aromatic carbocycles. The fourth-order valence-corrected chi connectivity index (χ4v) is 2.29. The number of nitrogens with one attached hydrogen (secondary N) is 1. The molecule has 0 aromatic heterocycles. The Labute approximate surface area is 124 Å². The van der Waals surface area contributed by atoms with Gasteiger partial charge in [0.1, 0.15) is 11.4 Å². The lowest BCUT2D eigenvalue weighted by molar-refractivity contribution is -0.124. The molecule has 0 aliphatic carbocycles. The molecule has 0 spiro atoms. The number of aliphatic imine (C=N–C) groups is 1. The minimum absolute atomic E-state index is 0.0825. The molecular weight excluding hydrogens is 268 g/mol. The zero-order valence-electron chi connectivity index (χ0n) is 13.0. The maximum atomic E-state index is 12.2. The van der Waals surface area contributed by atoms with Gasteiger partial charge in [-0.15, -0.1) is 0 Å². The molecular formula is C16H20N2O3. The van der Waals surface area contributed by atoms with Crippen LogP contribution in [0.25, 0.3) is 0 Å². The minimum Gasteiger partial charge on any atom is -0.465 e. The van der Waals surface area contributed by atoms with Crippen molar-refractivity contribution in [2.24, 2.45) is 10.9 Å². The SMILES string of the molecule is COC(=O)c1cccc(C2=NC(C)(C(C)C)C(=O)N2)c1C. The van der Waals surface area contributed by atoms with Gasteiger partial charge in [0.2, 0.25) is 0 Å². The number of nitrogens with zero attached hydrogens (tertiary/aromatic N) is 1. The average molecular weight is 288 g/mol. The number of rotatable bonds is 3. The Kier molecular flexibility index (Phi) is 3.85. The van der Waals surface area contributed by atoms with Crippen molar-refractivity contribution in [2.75, 3.05) is 7.11 Å². The molecule has 0 bridgehead atoms. The van der Waals surface area contributed by atoms with Crippen LogP contribution in [0.2, 0.25) is 0 Å². The number of benzene rings is 1. The lowest BCUT2D eigenvalue weighted by atomic mass is 9.89. The topological polar surface area (TPSA) is 67.8 Å². The summed E-state index contributed by atoms with van der Waals surface area (Å²) in [6.45, 7) is 7.56. The van der Waals surface area contributed by atoms with Gasteiger partial charge in [-0.1, -0.05) is 26.0 Å². The van der Waals surface area contributed by atoms with Gasteiger partial charge in [0.15, 0.2) is 0 Å². The quantitative estimate of drug-likeness (QED) is 0.866. The Morgan fingerprint density at radius 3 is 2.57 bits per heavy atom. The van der Waals surface area contributed by atoms with E-state index in [-0.39, 0.29) is 11.8 Å². The van der Waals surface area contributed by atoms with Gasteiger partial charge in [0.25, 0.3) is 5.91 Å². The van der Waals surface area contributed by atoms with Crippen molar-refractivity contribution in [2.45, 2.75) is 33.2 Å². The third-order valence-electron chi connectivity index (χ3n) is 4.15. The molecule has 0 fully saturated rings. The number of carbonyl (C=O) groups excluding carboxylic acids is 2. The van der Waals surface area contributed by atoms with Crippen LogP contribution in [-0.2, 0) is 9.53 Å². The van der Waals surface area contributed by atoms with E-state index in [1.165, 1.54) is 7.11 Å². The fraction of sp³-hybridized carbons (Fsp3) is 0.438. The summed E-state index contributed by atoms with van der Waals surface area (Å²) in [5, 5.41) is 2.83. The normalized spacial score (nSPS) is 21.2. The van der Waals surface area contributed by atoms with Crippen molar-refractivity contribution in [1.29, 1.82) is 0 Å². The van der Waals surface area contributed by atoms with E-state index in [0.29, 0.717) is 11.4 Å². The molecule has 1 unspecified atom stereocenters. The maximum absolute atomic E-state index is 12.2. The van der Waals surface area contributed by atoms with Gasteiger partial charge in [-0.3, -0.25) is 9.79 Å². The molecule has 1 aromatic rings. The van der Waals surface area contributed by atoms with E-state index in [2.05, 4.69) is 10.3 Å².